The smallest absolute Gasteiger partial charge is 0.293 e. The number of hydrogen-bond donors (Lipinski definition) is 2. The molecule has 2 saturated heterocycles. The van der Waals surface area contributed by atoms with Crippen LogP contribution in [0, 0.1) is 16.0 Å². The number of piperidine rings is 2. The van der Waals surface area contributed by atoms with E-state index in [1.54, 1.807) is 0 Å². The van der Waals surface area contributed by atoms with Crippen molar-refractivity contribution >= 4 is 17.3 Å². The number of rotatable bonds is 5. The summed E-state index contributed by atoms with van der Waals surface area (Å²) in [6.45, 7) is 2.86. The number of carbonyl (C=O) groups is 1. The van der Waals surface area contributed by atoms with Gasteiger partial charge in [0.05, 0.1) is 17.6 Å². The van der Waals surface area contributed by atoms with E-state index in [0.717, 1.165) is 25.9 Å². The van der Waals surface area contributed by atoms with Crippen LogP contribution < -0.4 is 15.8 Å². The number of methoxy groups -OCH3 is 1. The predicted molar refractivity (Wildman–Crippen MR) is 98.3 cm³/mol. The molecule has 0 spiro atoms. The Bertz CT molecular complexity index is 692. The van der Waals surface area contributed by atoms with E-state index < -0.39 is 4.92 Å². The highest BCUT2D eigenvalue weighted by Gasteiger charge is 2.33. The molecule has 1 aromatic carbocycles. The number of ether oxygens (including phenoxy) is 1. The van der Waals surface area contributed by atoms with Crippen molar-refractivity contribution in [2.45, 2.75) is 38.1 Å². The number of nitrogens with zero attached hydrogens (tertiary/aromatic N) is 2. The summed E-state index contributed by atoms with van der Waals surface area (Å²) in [4.78, 5) is 25.7. The molecular formula is C18H26N4O4. The second-order valence-electron chi connectivity index (χ2n) is 7.08. The Morgan fingerprint density at radius 2 is 2.12 bits per heavy atom. The number of hydrogen-bond acceptors (Lipinski definition) is 6. The number of nitrogens with two attached hydrogens (primary N) is 1. The van der Waals surface area contributed by atoms with Gasteiger partial charge in [-0.2, -0.15) is 0 Å². The van der Waals surface area contributed by atoms with Crippen LogP contribution in [0.1, 0.15) is 42.5 Å². The average molecular weight is 362 g/mol. The summed E-state index contributed by atoms with van der Waals surface area (Å²) in [5.74, 6) is 0.300. The van der Waals surface area contributed by atoms with Crippen LogP contribution in [-0.4, -0.2) is 48.5 Å². The fraction of sp³-hybridized carbons (Fsp3) is 0.611. The van der Waals surface area contributed by atoms with Crippen molar-refractivity contribution in [2.24, 2.45) is 5.92 Å². The highest BCUT2D eigenvalue weighted by Crippen LogP contribution is 2.32. The normalized spacial score (nSPS) is 23.1. The molecule has 2 aliphatic heterocycles. The van der Waals surface area contributed by atoms with E-state index in [0.29, 0.717) is 18.5 Å². The fourth-order valence-electron chi connectivity index (χ4n) is 4.22. The van der Waals surface area contributed by atoms with E-state index in [1.165, 1.54) is 38.5 Å². The quantitative estimate of drug-likeness (QED) is 0.472. The van der Waals surface area contributed by atoms with Crippen LogP contribution in [0.4, 0.5) is 11.4 Å². The van der Waals surface area contributed by atoms with Crippen molar-refractivity contribution in [2.75, 3.05) is 32.5 Å². The summed E-state index contributed by atoms with van der Waals surface area (Å²) in [6, 6.07) is 3.05. The van der Waals surface area contributed by atoms with E-state index in [9.17, 15) is 14.9 Å². The molecule has 0 aliphatic carbocycles. The molecule has 2 aliphatic rings. The molecule has 8 nitrogen and oxygen atoms in total. The highest BCUT2D eigenvalue weighted by molar-refractivity contribution is 5.98. The van der Waals surface area contributed by atoms with Crippen LogP contribution in [0.15, 0.2) is 12.1 Å². The number of fused-ring (bicyclic) bond motifs is 1. The molecule has 0 unspecified atom stereocenters. The summed E-state index contributed by atoms with van der Waals surface area (Å²) < 4.78 is 5.19. The van der Waals surface area contributed by atoms with Gasteiger partial charge >= 0.3 is 0 Å². The predicted octanol–water partition coefficient (Wildman–Crippen LogP) is 2.18. The van der Waals surface area contributed by atoms with Gasteiger partial charge in [-0.05, 0) is 44.7 Å². The second-order valence-corrected chi connectivity index (χ2v) is 7.08. The molecule has 3 rings (SSSR count). The van der Waals surface area contributed by atoms with Gasteiger partial charge < -0.3 is 20.7 Å². The summed E-state index contributed by atoms with van der Waals surface area (Å²) in [7, 11) is 1.42. The van der Waals surface area contributed by atoms with E-state index in [-0.39, 0.29) is 28.6 Å². The third kappa shape index (κ3) is 3.75. The second kappa shape index (κ2) is 7.90. The third-order valence-electron chi connectivity index (χ3n) is 5.54. The zero-order valence-electron chi connectivity index (χ0n) is 15.1. The van der Waals surface area contributed by atoms with Crippen molar-refractivity contribution in [3.05, 3.63) is 27.8 Å². The van der Waals surface area contributed by atoms with E-state index in [2.05, 4.69) is 10.2 Å². The Kier molecular flexibility index (Phi) is 5.61. The number of nitro groups is 1. The number of anilines is 1. The first-order chi connectivity index (χ1) is 12.5. The maximum absolute atomic E-state index is 12.6. The number of amides is 1. The highest BCUT2D eigenvalue weighted by atomic mass is 16.6. The molecule has 8 heteroatoms. The first-order valence-corrected chi connectivity index (χ1v) is 9.15. The van der Waals surface area contributed by atoms with Gasteiger partial charge in [-0.1, -0.05) is 6.42 Å². The SMILES string of the molecule is COc1cc(N)c([N+](=O)[O-])cc1C(=O)NC[C@@H]1CCCN2CCCC[C@H]12. The van der Waals surface area contributed by atoms with Gasteiger partial charge in [0, 0.05) is 24.7 Å². The summed E-state index contributed by atoms with van der Waals surface area (Å²) in [5.41, 5.74) is 5.51. The first kappa shape index (κ1) is 18.4. The van der Waals surface area contributed by atoms with E-state index >= 15 is 0 Å². The molecule has 0 aromatic heterocycles. The van der Waals surface area contributed by atoms with Crippen LogP contribution in [0.5, 0.6) is 5.75 Å². The van der Waals surface area contributed by atoms with Crippen molar-refractivity contribution < 1.29 is 14.5 Å². The lowest BCUT2D eigenvalue weighted by molar-refractivity contribution is -0.383. The Hall–Kier alpha value is -2.35. The van der Waals surface area contributed by atoms with Crippen molar-refractivity contribution in [1.82, 2.24) is 10.2 Å². The Morgan fingerprint density at radius 3 is 2.85 bits per heavy atom. The van der Waals surface area contributed by atoms with Gasteiger partial charge in [0.2, 0.25) is 0 Å². The van der Waals surface area contributed by atoms with Crippen molar-refractivity contribution in [1.29, 1.82) is 0 Å². The minimum Gasteiger partial charge on any atom is -0.496 e. The minimum atomic E-state index is -0.591. The van der Waals surface area contributed by atoms with Gasteiger partial charge in [0.1, 0.15) is 11.4 Å². The number of nitrogens with one attached hydrogen (secondary N) is 1. The number of benzene rings is 1. The zero-order chi connectivity index (χ0) is 18.7. The molecule has 26 heavy (non-hydrogen) atoms. The molecule has 3 N–H and O–H groups in total. The van der Waals surface area contributed by atoms with Gasteiger partial charge in [-0.3, -0.25) is 14.9 Å². The Balaban J connectivity index is 1.71. The van der Waals surface area contributed by atoms with E-state index in [4.69, 9.17) is 10.5 Å². The average Bonchev–Trinajstić information content (AvgIpc) is 2.65. The van der Waals surface area contributed by atoms with Crippen LogP contribution in [0.2, 0.25) is 0 Å². The maximum atomic E-state index is 12.6. The number of carbonyl (C=O) groups excluding carboxylic acids is 1. The number of nitro benzene ring substituents is 1. The largest absolute Gasteiger partial charge is 0.496 e. The molecule has 142 valence electrons. The van der Waals surface area contributed by atoms with Gasteiger partial charge in [-0.25, -0.2) is 0 Å². The molecule has 1 aromatic rings. The lowest BCUT2D eigenvalue weighted by Gasteiger charge is -2.44. The van der Waals surface area contributed by atoms with E-state index in [1.807, 2.05) is 0 Å². The van der Waals surface area contributed by atoms with Crippen LogP contribution in [0.25, 0.3) is 0 Å². The summed E-state index contributed by atoms with van der Waals surface area (Å²) in [5, 5.41) is 14.1. The van der Waals surface area contributed by atoms with Gasteiger partial charge in [-0.15, -0.1) is 0 Å². The van der Waals surface area contributed by atoms with Crippen LogP contribution in [0.3, 0.4) is 0 Å². The fourth-order valence-corrected chi connectivity index (χ4v) is 4.22. The maximum Gasteiger partial charge on any atom is 0.293 e. The topological polar surface area (TPSA) is 111 Å². The lowest BCUT2D eigenvalue weighted by atomic mass is 9.83. The first-order valence-electron chi connectivity index (χ1n) is 9.15. The Labute approximate surface area is 152 Å². The lowest BCUT2D eigenvalue weighted by Crippen LogP contribution is -2.51. The molecule has 2 heterocycles. The standard InChI is InChI=1S/C18H26N4O4/c1-26-17-10-14(19)16(22(24)25)9-13(17)18(23)20-11-12-5-4-8-21-7-3-2-6-15(12)21/h9-10,12,15H,2-8,11,19H2,1H3,(H,20,23)/t12-,15+/m0/s1. The van der Waals surface area contributed by atoms with Gasteiger partial charge in [0.25, 0.3) is 11.6 Å². The molecule has 1 amide bonds. The van der Waals surface area contributed by atoms with Crippen molar-refractivity contribution in [3.63, 3.8) is 0 Å². The van der Waals surface area contributed by atoms with Crippen molar-refractivity contribution in [3.8, 4) is 5.75 Å². The molecule has 2 fully saturated rings. The van der Waals surface area contributed by atoms with Gasteiger partial charge in [0.15, 0.2) is 0 Å². The summed E-state index contributed by atoms with van der Waals surface area (Å²) >= 11 is 0. The summed E-state index contributed by atoms with van der Waals surface area (Å²) in [6.07, 6.45) is 5.91. The van der Waals surface area contributed by atoms with Crippen LogP contribution >= 0.6 is 0 Å². The molecule has 0 saturated carbocycles. The van der Waals surface area contributed by atoms with Crippen LogP contribution in [-0.2, 0) is 0 Å². The minimum absolute atomic E-state index is 0.0199. The number of nitrogen functional groups attached to an aromatic ring is 1. The molecule has 0 radical (unpaired) electrons. The molecule has 2 atom stereocenters. The monoisotopic (exact) mass is 362 g/mol. The Morgan fingerprint density at radius 1 is 1.35 bits per heavy atom. The zero-order valence-corrected chi connectivity index (χ0v) is 15.1. The molecular weight excluding hydrogens is 336 g/mol. The molecule has 0 bridgehead atoms. The third-order valence-corrected chi connectivity index (χ3v) is 5.54.